The van der Waals surface area contributed by atoms with Crippen LogP contribution in [-0.2, 0) is 16.0 Å². The topological polar surface area (TPSA) is 73.8 Å². The minimum atomic E-state index is -0.0525. The van der Waals surface area contributed by atoms with Crippen LogP contribution in [0, 0.1) is 0 Å². The molecule has 4 rings (SSSR count). The molecule has 0 saturated carbocycles. The lowest BCUT2D eigenvalue weighted by molar-refractivity contribution is -0.121. The van der Waals surface area contributed by atoms with Crippen molar-refractivity contribution in [3.8, 4) is 0 Å². The number of hydrazone groups is 1. The first-order valence-electron chi connectivity index (χ1n) is 10.2. The Hall–Kier alpha value is -3.15. The zero-order chi connectivity index (χ0) is 20.2. The van der Waals surface area contributed by atoms with Gasteiger partial charge in [-0.1, -0.05) is 30.3 Å². The van der Waals surface area contributed by atoms with Crippen LogP contribution in [0.25, 0.3) is 0 Å². The molecule has 2 amide bonds. The number of amides is 2. The Balaban J connectivity index is 1.34. The highest BCUT2D eigenvalue weighted by Gasteiger charge is 2.23. The Morgan fingerprint density at radius 3 is 2.69 bits per heavy atom. The van der Waals surface area contributed by atoms with Crippen LogP contribution in [0.3, 0.4) is 0 Å². The summed E-state index contributed by atoms with van der Waals surface area (Å²) in [7, 11) is 0. The lowest BCUT2D eigenvalue weighted by Gasteiger charge is -2.37. The van der Waals surface area contributed by atoms with Gasteiger partial charge in [-0.05, 0) is 49.1 Å². The number of carbonyl (C=O) groups is 2. The molecular formula is C23H26N4O2. The van der Waals surface area contributed by atoms with Gasteiger partial charge in [0.25, 0.3) is 0 Å². The molecule has 0 fully saturated rings. The molecule has 1 atom stereocenters. The van der Waals surface area contributed by atoms with Crippen molar-refractivity contribution in [2.45, 2.75) is 45.1 Å². The average molecular weight is 390 g/mol. The van der Waals surface area contributed by atoms with E-state index in [4.69, 9.17) is 0 Å². The van der Waals surface area contributed by atoms with E-state index in [2.05, 4.69) is 51.9 Å². The molecule has 0 radical (unpaired) electrons. The monoisotopic (exact) mass is 390 g/mol. The molecule has 150 valence electrons. The Bertz CT molecular complexity index is 936. The van der Waals surface area contributed by atoms with Crippen LogP contribution in [0.5, 0.6) is 0 Å². The summed E-state index contributed by atoms with van der Waals surface area (Å²) in [6.07, 6.45) is 3.74. The summed E-state index contributed by atoms with van der Waals surface area (Å²) in [5.41, 5.74) is 7.72. The van der Waals surface area contributed by atoms with E-state index in [0.717, 1.165) is 29.8 Å². The van der Waals surface area contributed by atoms with Gasteiger partial charge in [0.15, 0.2) is 0 Å². The number of fused-ring (bicyclic) bond motifs is 1. The number of anilines is 2. The standard InChI is InChI=1S/C23H26N4O2/c1-16-6-7-18-4-2-3-5-21(18)27(16)15-14-22(28)24-19-10-8-17(9-11-19)20-12-13-23(29)26-25-20/h2-5,8-11,16H,6-7,12-15H2,1H3,(H,24,28)(H,26,29). The molecule has 0 saturated heterocycles. The molecule has 6 heteroatoms. The van der Waals surface area contributed by atoms with E-state index in [-0.39, 0.29) is 11.8 Å². The van der Waals surface area contributed by atoms with Crippen LogP contribution >= 0.6 is 0 Å². The Morgan fingerprint density at radius 2 is 1.93 bits per heavy atom. The predicted molar refractivity (Wildman–Crippen MR) is 115 cm³/mol. The summed E-state index contributed by atoms with van der Waals surface area (Å²) < 4.78 is 0. The van der Waals surface area contributed by atoms with Crippen LogP contribution in [0.1, 0.15) is 43.7 Å². The van der Waals surface area contributed by atoms with Crippen LogP contribution in [0.2, 0.25) is 0 Å². The van der Waals surface area contributed by atoms with E-state index in [1.807, 2.05) is 24.3 Å². The van der Waals surface area contributed by atoms with E-state index in [1.165, 1.54) is 11.3 Å². The van der Waals surface area contributed by atoms with Gasteiger partial charge in [0, 0.05) is 43.2 Å². The van der Waals surface area contributed by atoms with Crippen molar-refractivity contribution in [3.63, 3.8) is 0 Å². The molecule has 29 heavy (non-hydrogen) atoms. The van der Waals surface area contributed by atoms with Crippen LogP contribution in [0.15, 0.2) is 53.6 Å². The summed E-state index contributed by atoms with van der Waals surface area (Å²) in [5.74, 6) is -0.0430. The van der Waals surface area contributed by atoms with Crippen LogP contribution in [-0.4, -0.2) is 30.1 Å². The number of nitrogens with one attached hydrogen (secondary N) is 2. The first kappa shape index (κ1) is 19.2. The van der Waals surface area contributed by atoms with Gasteiger partial charge in [-0.15, -0.1) is 0 Å². The minimum absolute atomic E-state index is 0.00951. The van der Waals surface area contributed by atoms with Gasteiger partial charge in [-0.3, -0.25) is 9.59 Å². The predicted octanol–water partition coefficient (Wildman–Crippen LogP) is 3.47. The average Bonchev–Trinajstić information content (AvgIpc) is 2.74. The summed E-state index contributed by atoms with van der Waals surface area (Å²) >= 11 is 0. The van der Waals surface area contributed by atoms with Crippen molar-refractivity contribution >= 4 is 28.9 Å². The molecule has 2 N–H and O–H groups in total. The Kier molecular flexibility index (Phi) is 5.60. The van der Waals surface area contributed by atoms with Crippen molar-refractivity contribution in [2.75, 3.05) is 16.8 Å². The van der Waals surface area contributed by atoms with Gasteiger partial charge in [0.2, 0.25) is 11.8 Å². The van der Waals surface area contributed by atoms with Crippen molar-refractivity contribution in [1.82, 2.24) is 5.43 Å². The SMILES string of the molecule is CC1CCc2ccccc2N1CCC(=O)Nc1ccc(C2=NNC(=O)CC2)cc1. The van der Waals surface area contributed by atoms with Gasteiger partial charge in [0.05, 0.1) is 5.71 Å². The van der Waals surface area contributed by atoms with E-state index < -0.39 is 0 Å². The maximum Gasteiger partial charge on any atom is 0.240 e. The van der Waals surface area contributed by atoms with Crippen LogP contribution < -0.4 is 15.6 Å². The van der Waals surface area contributed by atoms with Gasteiger partial charge >= 0.3 is 0 Å². The molecule has 2 heterocycles. The van der Waals surface area contributed by atoms with Gasteiger partial charge in [-0.25, -0.2) is 5.43 Å². The fourth-order valence-corrected chi connectivity index (χ4v) is 3.97. The third-order valence-electron chi connectivity index (χ3n) is 5.65. The molecular weight excluding hydrogens is 364 g/mol. The first-order chi connectivity index (χ1) is 14.1. The number of aryl methyl sites for hydroxylation is 1. The number of carbonyl (C=O) groups excluding carboxylic acids is 2. The third-order valence-corrected chi connectivity index (χ3v) is 5.65. The minimum Gasteiger partial charge on any atom is -0.368 e. The maximum absolute atomic E-state index is 12.5. The largest absolute Gasteiger partial charge is 0.368 e. The highest BCUT2D eigenvalue weighted by Crippen LogP contribution is 2.30. The summed E-state index contributed by atoms with van der Waals surface area (Å²) in [5, 5.41) is 7.08. The second-order valence-corrected chi connectivity index (χ2v) is 7.68. The summed E-state index contributed by atoms with van der Waals surface area (Å²) in [6, 6.07) is 16.5. The second-order valence-electron chi connectivity index (χ2n) is 7.68. The van der Waals surface area contributed by atoms with Crippen molar-refractivity contribution in [1.29, 1.82) is 0 Å². The normalized spacial score (nSPS) is 18.5. The van der Waals surface area contributed by atoms with Gasteiger partial charge in [0.1, 0.15) is 0 Å². The summed E-state index contributed by atoms with van der Waals surface area (Å²) in [6.45, 7) is 2.93. The molecule has 1 unspecified atom stereocenters. The number of para-hydroxylation sites is 1. The second kappa shape index (κ2) is 8.47. The van der Waals surface area contributed by atoms with Crippen molar-refractivity contribution in [3.05, 3.63) is 59.7 Å². The Labute approximate surface area is 171 Å². The lowest BCUT2D eigenvalue weighted by Crippen LogP contribution is -2.39. The molecule has 0 aromatic heterocycles. The highest BCUT2D eigenvalue weighted by molar-refractivity contribution is 6.04. The molecule has 6 nitrogen and oxygen atoms in total. The lowest BCUT2D eigenvalue weighted by atomic mass is 9.96. The molecule has 0 spiro atoms. The maximum atomic E-state index is 12.5. The number of benzene rings is 2. The number of rotatable bonds is 5. The quantitative estimate of drug-likeness (QED) is 0.821. The highest BCUT2D eigenvalue weighted by atomic mass is 16.2. The molecule has 2 aromatic carbocycles. The van der Waals surface area contributed by atoms with Gasteiger partial charge < -0.3 is 10.2 Å². The zero-order valence-electron chi connectivity index (χ0n) is 16.6. The van der Waals surface area contributed by atoms with E-state index in [1.54, 1.807) is 0 Å². The molecule has 2 aliphatic rings. The summed E-state index contributed by atoms with van der Waals surface area (Å²) in [4.78, 5) is 26.0. The number of hydrogen-bond donors (Lipinski definition) is 2. The first-order valence-corrected chi connectivity index (χ1v) is 10.2. The molecule has 2 aromatic rings. The van der Waals surface area contributed by atoms with E-state index in [9.17, 15) is 9.59 Å². The van der Waals surface area contributed by atoms with Gasteiger partial charge in [-0.2, -0.15) is 5.10 Å². The zero-order valence-corrected chi connectivity index (χ0v) is 16.6. The van der Waals surface area contributed by atoms with Crippen LogP contribution in [0.4, 0.5) is 11.4 Å². The number of hydrogen-bond acceptors (Lipinski definition) is 4. The van der Waals surface area contributed by atoms with Crippen molar-refractivity contribution in [2.24, 2.45) is 5.10 Å². The van der Waals surface area contributed by atoms with E-state index in [0.29, 0.717) is 31.8 Å². The molecule has 2 aliphatic heterocycles. The number of nitrogens with zero attached hydrogens (tertiary/aromatic N) is 2. The smallest absolute Gasteiger partial charge is 0.240 e. The third kappa shape index (κ3) is 4.47. The fraction of sp³-hybridized carbons (Fsp3) is 0.348. The molecule has 0 bridgehead atoms. The van der Waals surface area contributed by atoms with Crippen molar-refractivity contribution < 1.29 is 9.59 Å². The Morgan fingerprint density at radius 1 is 1.14 bits per heavy atom. The van der Waals surface area contributed by atoms with E-state index >= 15 is 0 Å². The fourth-order valence-electron chi connectivity index (χ4n) is 3.97. The molecule has 0 aliphatic carbocycles.